The Hall–Kier alpha value is -1.64. The third-order valence-electron chi connectivity index (χ3n) is 3.09. The van der Waals surface area contributed by atoms with E-state index in [2.05, 4.69) is 0 Å². The molecule has 0 aromatic carbocycles. The highest BCUT2D eigenvalue weighted by molar-refractivity contribution is 5.70. The highest BCUT2D eigenvalue weighted by Crippen LogP contribution is 2.37. The first-order valence-corrected chi connectivity index (χ1v) is 7.60. The number of carbonyl (C=O) groups excluding carboxylic acids is 2. The van der Waals surface area contributed by atoms with Crippen LogP contribution in [-0.2, 0) is 9.47 Å². The summed E-state index contributed by atoms with van der Waals surface area (Å²) < 4.78 is 38.1. The van der Waals surface area contributed by atoms with Crippen molar-refractivity contribution in [2.75, 3.05) is 19.6 Å². The number of ether oxygens (including phenoxy) is 2. The molecule has 1 heterocycles. The number of alkyl halides is 2. The van der Waals surface area contributed by atoms with Crippen LogP contribution in [0.5, 0.6) is 0 Å². The Bertz CT molecular complexity index is 482. The van der Waals surface area contributed by atoms with E-state index in [-0.39, 0.29) is 0 Å². The molecular formula is C15H26F2N2O5. The lowest BCUT2D eigenvalue weighted by molar-refractivity contribution is -0.231. The Balaban J connectivity index is 2.54. The van der Waals surface area contributed by atoms with E-state index in [1.165, 1.54) is 0 Å². The molecule has 0 atom stereocenters. The van der Waals surface area contributed by atoms with Crippen LogP contribution in [0.1, 0.15) is 41.5 Å². The summed E-state index contributed by atoms with van der Waals surface area (Å²) in [4.78, 5) is 24.2. The fourth-order valence-corrected chi connectivity index (χ4v) is 1.93. The molecule has 1 saturated heterocycles. The Kier molecular flexibility index (Phi) is 5.39. The summed E-state index contributed by atoms with van der Waals surface area (Å²) >= 11 is 0. The molecule has 1 rings (SSSR count). The highest BCUT2D eigenvalue weighted by atomic mass is 19.3. The molecule has 1 aliphatic heterocycles. The number of carbonyl (C=O) groups is 2. The number of rotatable bonds is 3. The van der Waals surface area contributed by atoms with Crippen LogP contribution in [0, 0.1) is 0 Å². The molecule has 0 aromatic rings. The minimum absolute atomic E-state index is 0.578. The molecule has 0 bridgehead atoms. The van der Waals surface area contributed by atoms with Crippen molar-refractivity contribution in [3.63, 3.8) is 0 Å². The van der Waals surface area contributed by atoms with Crippen LogP contribution in [0.15, 0.2) is 0 Å². The van der Waals surface area contributed by atoms with Crippen LogP contribution < -0.4 is 5.32 Å². The second-order valence-electron chi connectivity index (χ2n) is 7.93. The van der Waals surface area contributed by atoms with Crippen LogP contribution in [0.25, 0.3) is 0 Å². The SMILES string of the molecule is CC(C)(C)OC(=O)NCC(F)(F)C1(O)CN(C(=O)OC(C)(C)C)C1. The molecule has 2 amide bonds. The zero-order chi connectivity index (χ0) is 19.0. The van der Waals surface area contributed by atoms with E-state index in [0.717, 1.165) is 4.90 Å². The fourth-order valence-electron chi connectivity index (χ4n) is 1.93. The summed E-state index contributed by atoms with van der Waals surface area (Å²) in [7, 11) is 0. The minimum atomic E-state index is -3.62. The van der Waals surface area contributed by atoms with E-state index in [0.29, 0.717) is 0 Å². The number of hydrogen-bond donors (Lipinski definition) is 2. The second-order valence-corrected chi connectivity index (χ2v) is 7.93. The number of nitrogens with zero attached hydrogens (tertiary/aromatic N) is 1. The number of alkyl carbamates (subject to hydrolysis) is 1. The van der Waals surface area contributed by atoms with Crippen molar-refractivity contribution in [3.05, 3.63) is 0 Å². The standard InChI is InChI=1S/C15H26F2N2O5/c1-12(2,3)23-10(20)18-7-15(16,17)14(22)8-19(9-14)11(21)24-13(4,5)6/h22H,7-9H2,1-6H3,(H,18,20). The van der Waals surface area contributed by atoms with Gasteiger partial charge in [0.25, 0.3) is 5.92 Å². The van der Waals surface area contributed by atoms with E-state index < -0.39 is 54.5 Å². The predicted octanol–water partition coefficient (Wildman–Crippen LogP) is 2.13. The number of likely N-dealkylation sites (tertiary alicyclic amines) is 1. The maximum absolute atomic E-state index is 14.1. The topological polar surface area (TPSA) is 88.1 Å². The number of β-amino-alcohol motifs (C(OH)–C–C–N with tert-alkyl or cyclic N) is 1. The zero-order valence-electron chi connectivity index (χ0n) is 14.9. The predicted molar refractivity (Wildman–Crippen MR) is 81.9 cm³/mol. The largest absolute Gasteiger partial charge is 0.444 e. The van der Waals surface area contributed by atoms with Gasteiger partial charge >= 0.3 is 12.2 Å². The molecule has 7 nitrogen and oxygen atoms in total. The summed E-state index contributed by atoms with van der Waals surface area (Å²) in [5.41, 5.74) is -4.00. The number of hydrogen-bond acceptors (Lipinski definition) is 5. The van der Waals surface area contributed by atoms with Gasteiger partial charge in [0.2, 0.25) is 0 Å². The van der Waals surface area contributed by atoms with Crippen LogP contribution >= 0.6 is 0 Å². The Labute approximate surface area is 140 Å². The van der Waals surface area contributed by atoms with E-state index in [1.54, 1.807) is 41.5 Å². The normalized spacial score (nSPS) is 17.8. The van der Waals surface area contributed by atoms with Crippen molar-refractivity contribution < 1.29 is 33.0 Å². The van der Waals surface area contributed by atoms with Gasteiger partial charge in [-0.2, -0.15) is 0 Å². The van der Waals surface area contributed by atoms with E-state index in [1.807, 2.05) is 5.32 Å². The van der Waals surface area contributed by atoms with E-state index >= 15 is 0 Å². The minimum Gasteiger partial charge on any atom is -0.444 e. The first kappa shape index (κ1) is 20.4. The lowest BCUT2D eigenvalue weighted by atomic mass is 9.87. The highest BCUT2D eigenvalue weighted by Gasteiger charge is 2.61. The van der Waals surface area contributed by atoms with Gasteiger partial charge in [0.1, 0.15) is 11.2 Å². The summed E-state index contributed by atoms with van der Waals surface area (Å²) in [6, 6.07) is 0. The third-order valence-corrected chi connectivity index (χ3v) is 3.09. The quantitative estimate of drug-likeness (QED) is 0.812. The molecule has 0 aromatic heterocycles. The van der Waals surface area contributed by atoms with E-state index in [9.17, 15) is 23.5 Å². The molecule has 0 unspecified atom stereocenters. The van der Waals surface area contributed by atoms with Gasteiger partial charge in [-0.15, -0.1) is 0 Å². The number of aliphatic hydroxyl groups is 1. The van der Waals surface area contributed by atoms with Gasteiger partial charge in [-0.1, -0.05) is 0 Å². The molecule has 1 aliphatic rings. The maximum atomic E-state index is 14.1. The second kappa shape index (κ2) is 6.34. The Morgan fingerprint density at radius 1 is 1.08 bits per heavy atom. The van der Waals surface area contributed by atoms with Crippen molar-refractivity contribution in [2.45, 2.75) is 64.3 Å². The molecule has 140 valence electrons. The van der Waals surface area contributed by atoms with Crippen LogP contribution in [0.4, 0.5) is 18.4 Å². The first-order chi connectivity index (χ1) is 10.5. The van der Waals surface area contributed by atoms with E-state index in [4.69, 9.17) is 9.47 Å². The molecule has 2 N–H and O–H groups in total. The number of nitrogens with one attached hydrogen (secondary N) is 1. The molecule has 0 saturated carbocycles. The van der Waals surface area contributed by atoms with Crippen LogP contribution in [0.3, 0.4) is 0 Å². The molecule has 1 fully saturated rings. The van der Waals surface area contributed by atoms with Crippen molar-refractivity contribution in [2.24, 2.45) is 0 Å². The summed E-state index contributed by atoms with van der Waals surface area (Å²) in [6.07, 6.45) is -1.78. The molecule has 0 spiro atoms. The Morgan fingerprint density at radius 3 is 1.96 bits per heavy atom. The molecule has 0 radical (unpaired) electrons. The van der Waals surface area contributed by atoms with Crippen LogP contribution in [0.2, 0.25) is 0 Å². The molecule has 24 heavy (non-hydrogen) atoms. The maximum Gasteiger partial charge on any atom is 0.410 e. The summed E-state index contributed by atoms with van der Waals surface area (Å²) in [5, 5.41) is 11.9. The van der Waals surface area contributed by atoms with Crippen molar-refractivity contribution in [1.82, 2.24) is 10.2 Å². The van der Waals surface area contributed by atoms with Gasteiger partial charge < -0.3 is 24.8 Å². The van der Waals surface area contributed by atoms with Gasteiger partial charge in [0, 0.05) is 0 Å². The van der Waals surface area contributed by atoms with Gasteiger partial charge in [-0.25, -0.2) is 18.4 Å². The molecular weight excluding hydrogens is 326 g/mol. The number of halogens is 2. The molecule has 9 heteroatoms. The average molecular weight is 352 g/mol. The van der Waals surface area contributed by atoms with Gasteiger partial charge in [0.15, 0.2) is 5.60 Å². The number of amides is 2. The zero-order valence-corrected chi connectivity index (χ0v) is 14.9. The van der Waals surface area contributed by atoms with Gasteiger partial charge in [-0.05, 0) is 41.5 Å². The average Bonchev–Trinajstić information content (AvgIpc) is 2.28. The monoisotopic (exact) mass is 352 g/mol. The van der Waals surface area contributed by atoms with Crippen molar-refractivity contribution in [1.29, 1.82) is 0 Å². The first-order valence-electron chi connectivity index (χ1n) is 7.60. The van der Waals surface area contributed by atoms with Crippen molar-refractivity contribution >= 4 is 12.2 Å². The van der Waals surface area contributed by atoms with Gasteiger partial charge in [-0.3, -0.25) is 0 Å². The summed E-state index contributed by atoms with van der Waals surface area (Å²) in [5.74, 6) is -3.62. The fraction of sp³-hybridized carbons (Fsp3) is 0.867. The summed E-state index contributed by atoms with van der Waals surface area (Å²) in [6.45, 7) is 7.49. The lowest BCUT2D eigenvalue weighted by Crippen LogP contribution is -2.73. The lowest BCUT2D eigenvalue weighted by Gasteiger charge is -2.49. The smallest absolute Gasteiger partial charge is 0.410 e. The Morgan fingerprint density at radius 2 is 1.54 bits per heavy atom. The van der Waals surface area contributed by atoms with Crippen molar-refractivity contribution in [3.8, 4) is 0 Å². The third kappa shape index (κ3) is 5.47. The molecule has 0 aliphatic carbocycles. The van der Waals surface area contributed by atoms with Crippen LogP contribution in [-0.4, -0.2) is 64.6 Å². The van der Waals surface area contributed by atoms with Gasteiger partial charge in [0.05, 0.1) is 19.6 Å².